The molecule has 3 rings (SSSR count). The summed E-state index contributed by atoms with van der Waals surface area (Å²) in [4.78, 5) is 12.7. The van der Waals surface area contributed by atoms with Crippen molar-refractivity contribution in [3.63, 3.8) is 0 Å². The van der Waals surface area contributed by atoms with Crippen molar-refractivity contribution in [2.45, 2.75) is 43.5 Å². The molecule has 7 heteroatoms. The molecule has 0 heterocycles. The van der Waals surface area contributed by atoms with Crippen molar-refractivity contribution in [3.05, 3.63) is 54.1 Å². The highest BCUT2D eigenvalue weighted by molar-refractivity contribution is 7.93. The molecule has 1 N–H and O–H groups in total. The van der Waals surface area contributed by atoms with E-state index in [1.807, 2.05) is 6.92 Å². The van der Waals surface area contributed by atoms with Crippen molar-refractivity contribution < 1.29 is 17.9 Å². The van der Waals surface area contributed by atoms with Crippen LogP contribution in [0.4, 0.5) is 5.69 Å². The van der Waals surface area contributed by atoms with Crippen LogP contribution in [0.3, 0.4) is 0 Å². The minimum atomic E-state index is -4.00. The van der Waals surface area contributed by atoms with Crippen molar-refractivity contribution >= 4 is 21.6 Å². The lowest BCUT2D eigenvalue weighted by molar-refractivity contribution is -0.120. The number of rotatable bonds is 7. The normalized spacial score (nSPS) is 14.6. The Morgan fingerprint density at radius 3 is 2.46 bits per heavy atom. The number of ether oxygens (including phenoxy) is 1. The first-order valence-corrected chi connectivity index (χ1v) is 10.9. The zero-order valence-electron chi connectivity index (χ0n) is 16.2. The molecule has 0 unspecified atom stereocenters. The van der Waals surface area contributed by atoms with Crippen molar-refractivity contribution in [1.82, 2.24) is 5.32 Å². The van der Waals surface area contributed by atoms with E-state index in [1.54, 1.807) is 48.5 Å². The fourth-order valence-electron chi connectivity index (χ4n) is 3.49. The van der Waals surface area contributed by atoms with Crippen LogP contribution >= 0.6 is 0 Å². The third-order valence-corrected chi connectivity index (χ3v) is 6.73. The first-order valence-electron chi connectivity index (χ1n) is 9.43. The molecule has 1 fully saturated rings. The molecule has 1 amide bonds. The molecule has 0 radical (unpaired) electrons. The molecule has 1 aliphatic carbocycles. The second-order valence-corrected chi connectivity index (χ2v) is 8.88. The number of hydrogen-bond donors (Lipinski definition) is 1. The Labute approximate surface area is 166 Å². The van der Waals surface area contributed by atoms with E-state index in [0.717, 1.165) is 35.6 Å². The van der Waals surface area contributed by atoms with Gasteiger partial charge in [-0.3, -0.25) is 9.10 Å². The number of benzene rings is 2. The second kappa shape index (κ2) is 8.65. The summed E-state index contributed by atoms with van der Waals surface area (Å²) in [5.74, 6) is -0.0475. The number of anilines is 1. The van der Waals surface area contributed by atoms with E-state index in [9.17, 15) is 13.2 Å². The van der Waals surface area contributed by atoms with Gasteiger partial charge >= 0.3 is 0 Å². The molecular weight excluding hydrogens is 376 g/mol. The number of methoxy groups -OCH3 is 1. The summed E-state index contributed by atoms with van der Waals surface area (Å²) >= 11 is 0. The van der Waals surface area contributed by atoms with Gasteiger partial charge in [0.05, 0.1) is 12.8 Å². The van der Waals surface area contributed by atoms with Crippen LogP contribution in [-0.4, -0.2) is 34.0 Å². The summed E-state index contributed by atoms with van der Waals surface area (Å²) in [6, 6.07) is 13.8. The van der Waals surface area contributed by atoms with Gasteiger partial charge in [0, 0.05) is 6.04 Å². The molecule has 0 spiro atoms. The lowest BCUT2D eigenvalue weighted by Crippen LogP contribution is -2.43. The number of para-hydroxylation sites is 1. The summed E-state index contributed by atoms with van der Waals surface area (Å²) in [5, 5.41) is 2.97. The average molecular weight is 403 g/mol. The molecule has 150 valence electrons. The predicted molar refractivity (Wildman–Crippen MR) is 109 cm³/mol. The van der Waals surface area contributed by atoms with Crippen LogP contribution in [-0.2, 0) is 14.8 Å². The number of aryl methyl sites for hydroxylation is 1. The number of nitrogens with one attached hydrogen (secondary N) is 1. The number of carbonyl (C=O) groups excluding carboxylic acids is 1. The molecule has 2 aromatic carbocycles. The molecule has 0 saturated heterocycles. The number of hydrogen-bond acceptors (Lipinski definition) is 4. The van der Waals surface area contributed by atoms with Crippen LogP contribution in [0.15, 0.2) is 53.4 Å². The van der Waals surface area contributed by atoms with Crippen molar-refractivity contribution in [1.29, 1.82) is 0 Å². The molecule has 0 aliphatic heterocycles. The highest BCUT2D eigenvalue weighted by Gasteiger charge is 2.30. The van der Waals surface area contributed by atoms with E-state index in [0.29, 0.717) is 5.69 Å². The first kappa shape index (κ1) is 20.2. The zero-order valence-corrected chi connectivity index (χ0v) is 17.0. The van der Waals surface area contributed by atoms with E-state index in [-0.39, 0.29) is 29.1 Å². The van der Waals surface area contributed by atoms with E-state index >= 15 is 0 Å². The first-order chi connectivity index (χ1) is 13.4. The largest absolute Gasteiger partial charge is 0.495 e. The third kappa shape index (κ3) is 4.47. The molecule has 0 bridgehead atoms. The van der Waals surface area contributed by atoms with Gasteiger partial charge in [-0.25, -0.2) is 8.42 Å². The highest BCUT2D eigenvalue weighted by atomic mass is 32.2. The van der Waals surface area contributed by atoms with Crippen LogP contribution < -0.4 is 14.4 Å². The molecule has 1 aliphatic rings. The van der Waals surface area contributed by atoms with E-state index in [1.165, 1.54) is 7.11 Å². The zero-order chi connectivity index (χ0) is 20.1. The number of nitrogens with zero attached hydrogens (tertiary/aromatic N) is 1. The molecule has 1 saturated carbocycles. The molecule has 6 nitrogen and oxygen atoms in total. The summed E-state index contributed by atoms with van der Waals surface area (Å²) in [5.41, 5.74) is 1.23. The summed E-state index contributed by atoms with van der Waals surface area (Å²) in [6.45, 7) is 1.54. The van der Waals surface area contributed by atoms with Crippen LogP contribution in [0.1, 0.15) is 31.2 Å². The minimum absolute atomic E-state index is 0.0486. The molecule has 0 atom stereocenters. The summed E-state index contributed by atoms with van der Waals surface area (Å²) < 4.78 is 33.4. The van der Waals surface area contributed by atoms with Gasteiger partial charge in [-0.2, -0.15) is 0 Å². The van der Waals surface area contributed by atoms with Crippen molar-refractivity contribution in [2.24, 2.45) is 0 Å². The molecule has 28 heavy (non-hydrogen) atoms. The molecule has 2 aromatic rings. The Morgan fingerprint density at radius 2 is 1.82 bits per heavy atom. The van der Waals surface area contributed by atoms with Crippen LogP contribution in [0.25, 0.3) is 0 Å². The van der Waals surface area contributed by atoms with Gasteiger partial charge in [0.1, 0.15) is 17.2 Å². The van der Waals surface area contributed by atoms with Crippen LogP contribution in [0, 0.1) is 6.92 Å². The minimum Gasteiger partial charge on any atom is -0.495 e. The summed E-state index contributed by atoms with van der Waals surface area (Å²) in [6.07, 6.45) is 4.06. The highest BCUT2D eigenvalue weighted by Crippen LogP contribution is 2.30. The maximum absolute atomic E-state index is 13.5. The Hall–Kier alpha value is -2.54. The fourth-order valence-corrected chi connectivity index (χ4v) is 5.15. The van der Waals surface area contributed by atoms with Crippen LogP contribution in [0.2, 0.25) is 0 Å². The topological polar surface area (TPSA) is 75.7 Å². The van der Waals surface area contributed by atoms with Gasteiger partial charge < -0.3 is 10.1 Å². The lowest BCUT2D eigenvalue weighted by atomic mass is 10.2. The van der Waals surface area contributed by atoms with E-state index < -0.39 is 10.0 Å². The van der Waals surface area contributed by atoms with Gasteiger partial charge in [0.15, 0.2) is 0 Å². The van der Waals surface area contributed by atoms with Gasteiger partial charge in [0.25, 0.3) is 10.0 Å². The monoisotopic (exact) mass is 402 g/mol. The van der Waals surface area contributed by atoms with Crippen LogP contribution in [0.5, 0.6) is 5.75 Å². The van der Waals surface area contributed by atoms with Crippen molar-refractivity contribution in [2.75, 3.05) is 18.0 Å². The van der Waals surface area contributed by atoms with E-state index in [4.69, 9.17) is 4.74 Å². The maximum Gasteiger partial charge on any atom is 0.268 e. The maximum atomic E-state index is 13.5. The fraction of sp³-hybridized carbons (Fsp3) is 0.381. The van der Waals surface area contributed by atoms with Crippen molar-refractivity contribution in [3.8, 4) is 5.75 Å². The quantitative estimate of drug-likeness (QED) is 0.771. The smallest absolute Gasteiger partial charge is 0.268 e. The Kier molecular flexibility index (Phi) is 6.24. The Bertz CT molecular complexity index is 923. The molecular formula is C21H26N2O4S. The number of sulfonamides is 1. The average Bonchev–Trinajstić information content (AvgIpc) is 3.19. The molecule has 0 aromatic heterocycles. The second-order valence-electron chi connectivity index (χ2n) is 7.05. The lowest BCUT2D eigenvalue weighted by Gasteiger charge is -2.25. The Balaban J connectivity index is 1.96. The predicted octanol–water partition coefficient (Wildman–Crippen LogP) is 3.26. The van der Waals surface area contributed by atoms with Gasteiger partial charge in [-0.05, 0) is 49.6 Å². The van der Waals surface area contributed by atoms with Gasteiger partial charge in [-0.15, -0.1) is 0 Å². The Morgan fingerprint density at radius 1 is 1.14 bits per heavy atom. The number of amides is 1. The standard InChI is InChI=1S/C21H26N2O4S/c1-16-12-13-19(27-2)20(14-16)28(25,26)23(18-10-4-3-5-11-18)15-21(24)22-17-8-6-7-9-17/h3-5,10-14,17H,6-9,15H2,1-2H3,(H,22,24). The van der Waals surface area contributed by atoms with E-state index in [2.05, 4.69) is 5.32 Å². The van der Waals surface area contributed by atoms with Gasteiger partial charge in [0.2, 0.25) is 5.91 Å². The van der Waals surface area contributed by atoms with Gasteiger partial charge in [-0.1, -0.05) is 37.1 Å². The summed E-state index contributed by atoms with van der Waals surface area (Å²) in [7, 11) is -2.57. The SMILES string of the molecule is COc1ccc(C)cc1S(=O)(=O)N(CC(=O)NC1CCCC1)c1ccccc1. The third-order valence-electron chi connectivity index (χ3n) is 4.94. The number of carbonyl (C=O) groups is 1.